The summed E-state index contributed by atoms with van der Waals surface area (Å²) in [6.07, 6.45) is 2.18. The van der Waals surface area contributed by atoms with Gasteiger partial charge in [-0.1, -0.05) is 29.8 Å². The van der Waals surface area contributed by atoms with Gasteiger partial charge in [-0.25, -0.2) is 17.4 Å². The fourth-order valence-electron chi connectivity index (χ4n) is 2.51. The maximum atomic E-state index is 12.9. The van der Waals surface area contributed by atoms with E-state index < -0.39 is 16.3 Å². The molecule has 6 nitrogen and oxygen atoms in total. The minimum atomic E-state index is -3.80. The van der Waals surface area contributed by atoms with E-state index in [2.05, 4.69) is 20.9 Å². The molecule has 1 aromatic carbocycles. The Morgan fingerprint density at radius 1 is 1.20 bits per heavy atom. The molecular formula is C16H14BrClN2O4S. The predicted octanol–water partition coefficient (Wildman–Crippen LogP) is 3.98. The molecule has 0 bridgehead atoms. The van der Waals surface area contributed by atoms with Crippen LogP contribution in [0.3, 0.4) is 0 Å². The van der Waals surface area contributed by atoms with Crippen LogP contribution in [0.5, 0.6) is 0 Å². The molecule has 0 saturated carbocycles. The second-order valence-corrected chi connectivity index (χ2v) is 8.17. The van der Waals surface area contributed by atoms with Crippen LogP contribution in [0.15, 0.2) is 52.1 Å². The lowest BCUT2D eigenvalue weighted by Gasteiger charge is -2.15. The molecule has 0 spiro atoms. The second-order valence-electron chi connectivity index (χ2n) is 5.12. The minimum Gasteiger partial charge on any atom is -0.352 e. The van der Waals surface area contributed by atoms with E-state index in [0.717, 1.165) is 3.97 Å². The van der Waals surface area contributed by atoms with Gasteiger partial charge < -0.3 is 9.47 Å². The molecule has 2 heterocycles. The summed E-state index contributed by atoms with van der Waals surface area (Å²) in [4.78, 5) is 4.44. The van der Waals surface area contributed by atoms with Gasteiger partial charge in [0.2, 0.25) is 0 Å². The van der Waals surface area contributed by atoms with Crippen LogP contribution >= 0.6 is 27.5 Å². The molecule has 9 heteroatoms. The Hall–Kier alpha value is -1.45. The lowest BCUT2D eigenvalue weighted by molar-refractivity contribution is -0.106. The molecule has 3 rings (SSSR count). The zero-order valence-electron chi connectivity index (χ0n) is 13.3. The number of hydrogen-bond donors (Lipinski definition) is 0. The summed E-state index contributed by atoms with van der Waals surface area (Å²) >= 11 is 9.84. The van der Waals surface area contributed by atoms with Gasteiger partial charge in [0.05, 0.1) is 15.3 Å². The predicted molar refractivity (Wildman–Crippen MR) is 98.2 cm³/mol. The van der Waals surface area contributed by atoms with Crippen molar-refractivity contribution in [1.29, 1.82) is 0 Å². The van der Waals surface area contributed by atoms with E-state index in [4.69, 9.17) is 21.1 Å². The Labute approximate surface area is 158 Å². The summed E-state index contributed by atoms with van der Waals surface area (Å²) in [7, 11) is -0.841. The Morgan fingerprint density at radius 2 is 1.84 bits per heavy atom. The van der Waals surface area contributed by atoms with E-state index >= 15 is 0 Å². The van der Waals surface area contributed by atoms with Gasteiger partial charge in [0.1, 0.15) is 0 Å². The molecule has 0 saturated heterocycles. The number of halogens is 2. The van der Waals surface area contributed by atoms with Gasteiger partial charge in [-0.3, -0.25) is 0 Å². The van der Waals surface area contributed by atoms with Crippen LogP contribution in [0.25, 0.3) is 11.0 Å². The number of hydrogen-bond acceptors (Lipinski definition) is 5. The highest BCUT2D eigenvalue weighted by Gasteiger charge is 2.25. The number of ether oxygens (including phenoxy) is 2. The molecule has 0 N–H and O–H groups in total. The average molecular weight is 446 g/mol. The van der Waals surface area contributed by atoms with Crippen LogP contribution in [-0.4, -0.2) is 31.6 Å². The maximum Gasteiger partial charge on any atom is 0.269 e. The summed E-state index contributed by atoms with van der Waals surface area (Å²) in [5.41, 5.74) is 0.727. The van der Waals surface area contributed by atoms with E-state index in [1.165, 1.54) is 38.7 Å². The van der Waals surface area contributed by atoms with Crippen LogP contribution in [0.1, 0.15) is 11.9 Å². The van der Waals surface area contributed by atoms with Gasteiger partial charge in [0.25, 0.3) is 10.0 Å². The van der Waals surface area contributed by atoms with E-state index in [0.29, 0.717) is 20.4 Å². The fraction of sp³-hybridized carbons (Fsp3) is 0.188. The highest BCUT2D eigenvalue weighted by atomic mass is 79.9. The molecular weight excluding hydrogens is 432 g/mol. The quantitative estimate of drug-likeness (QED) is 0.556. The molecule has 2 aromatic heterocycles. The van der Waals surface area contributed by atoms with E-state index in [-0.39, 0.29) is 10.5 Å². The molecule has 0 radical (unpaired) electrons. The summed E-state index contributed by atoms with van der Waals surface area (Å²) < 4.78 is 37.9. The van der Waals surface area contributed by atoms with Gasteiger partial charge in [-0.05, 0) is 28.1 Å². The van der Waals surface area contributed by atoms with Gasteiger partial charge in [-0.2, -0.15) is 0 Å². The normalized spacial score (nSPS) is 12.2. The van der Waals surface area contributed by atoms with E-state index in [1.807, 2.05) is 0 Å². The summed E-state index contributed by atoms with van der Waals surface area (Å²) in [5.74, 6) is 0. The first-order valence-corrected chi connectivity index (χ1v) is 9.74. The largest absolute Gasteiger partial charge is 0.352 e. The summed E-state index contributed by atoms with van der Waals surface area (Å²) in [5, 5.41) is 0.783. The third-order valence-electron chi connectivity index (χ3n) is 3.68. The molecule has 132 valence electrons. The van der Waals surface area contributed by atoms with Gasteiger partial charge in [0, 0.05) is 36.6 Å². The average Bonchev–Trinajstić information content (AvgIpc) is 2.97. The summed E-state index contributed by atoms with van der Waals surface area (Å²) in [6.45, 7) is 0. The zero-order chi connectivity index (χ0) is 18.2. The smallest absolute Gasteiger partial charge is 0.269 e. The number of fused-ring (bicyclic) bond motifs is 1. The van der Waals surface area contributed by atoms with Gasteiger partial charge >= 0.3 is 0 Å². The van der Waals surface area contributed by atoms with Crippen LogP contribution < -0.4 is 0 Å². The van der Waals surface area contributed by atoms with Crippen LogP contribution in [0.2, 0.25) is 5.02 Å². The third kappa shape index (κ3) is 3.09. The number of nitrogens with zero attached hydrogens (tertiary/aromatic N) is 2. The van der Waals surface area contributed by atoms with Gasteiger partial charge in [-0.15, -0.1) is 0 Å². The van der Waals surface area contributed by atoms with Crippen molar-refractivity contribution in [3.8, 4) is 0 Å². The summed E-state index contributed by atoms with van der Waals surface area (Å²) in [6, 6.07) is 8.12. The van der Waals surface area contributed by atoms with Crippen molar-refractivity contribution in [2.45, 2.75) is 11.2 Å². The molecule has 0 amide bonds. The molecule has 0 unspecified atom stereocenters. The van der Waals surface area contributed by atoms with E-state index in [1.54, 1.807) is 18.2 Å². The standard InChI is InChI=1S/C16H14BrClN2O4S/c1-23-16(24-2)11-8-19-15-13(14(11)18)12(17)9-20(15)25(21,22)10-6-4-3-5-7-10/h3-9,16H,1-2H3. The number of pyridine rings is 1. The number of methoxy groups -OCH3 is 2. The zero-order valence-corrected chi connectivity index (χ0v) is 16.5. The van der Waals surface area contributed by atoms with Crippen LogP contribution in [-0.2, 0) is 19.5 Å². The number of rotatable bonds is 5. The van der Waals surface area contributed by atoms with Crippen molar-refractivity contribution in [2.75, 3.05) is 14.2 Å². The SMILES string of the molecule is COC(OC)c1cnc2c(c(Br)cn2S(=O)(=O)c2ccccc2)c1Cl. The first-order chi connectivity index (χ1) is 11.9. The third-order valence-corrected chi connectivity index (χ3v) is 6.36. The molecule has 0 fully saturated rings. The fourth-order valence-corrected chi connectivity index (χ4v) is 5.00. The van der Waals surface area contributed by atoms with Gasteiger partial charge in [0.15, 0.2) is 11.9 Å². The lowest BCUT2D eigenvalue weighted by atomic mass is 10.2. The van der Waals surface area contributed by atoms with Crippen molar-refractivity contribution in [2.24, 2.45) is 0 Å². The molecule has 0 aliphatic carbocycles. The topological polar surface area (TPSA) is 70.4 Å². The molecule has 25 heavy (non-hydrogen) atoms. The second kappa shape index (κ2) is 7.05. The van der Waals surface area contributed by atoms with Crippen molar-refractivity contribution >= 4 is 48.6 Å². The van der Waals surface area contributed by atoms with Crippen molar-refractivity contribution in [1.82, 2.24) is 8.96 Å². The minimum absolute atomic E-state index is 0.160. The molecule has 0 aliphatic heterocycles. The highest BCUT2D eigenvalue weighted by molar-refractivity contribution is 9.10. The molecule has 3 aromatic rings. The van der Waals surface area contributed by atoms with Crippen molar-refractivity contribution in [3.63, 3.8) is 0 Å². The molecule has 0 atom stereocenters. The van der Waals surface area contributed by atoms with Crippen LogP contribution in [0.4, 0.5) is 0 Å². The Kier molecular flexibility index (Phi) is 5.17. The van der Waals surface area contributed by atoms with Crippen molar-refractivity contribution < 1.29 is 17.9 Å². The maximum absolute atomic E-state index is 12.9. The monoisotopic (exact) mass is 444 g/mol. The number of aromatic nitrogens is 2. The van der Waals surface area contributed by atoms with E-state index in [9.17, 15) is 8.42 Å². The van der Waals surface area contributed by atoms with Crippen molar-refractivity contribution in [3.05, 3.63) is 57.8 Å². The lowest BCUT2D eigenvalue weighted by Crippen LogP contribution is -2.12. The van der Waals surface area contributed by atoms with Crippen LogP contribution in [0, 0.1) is 0 Å². The number of benzene rings is 1. The Morgan fingerprint density at radius 3 is 2.44 bits per heavy atom. The highest BCUT2D eigenvalue weighted by Crippen LogP contribution is 2.37. The Bertz CT molecular complexity index is 1020. The molecule has 0 aliphatic rings. The Balaban J connectivity index is 2.25. The first-order valence-electron chi connectivity index (χ1n) is 7.13. The first kappa shape index (κ1) is 18.3.